The number of hydrogen-bond acceptors (Lipinski definition) is 4. The van der Waals surface area contributed by atoms with Gasteiger partial charge in [-0.15, -0.1) is 0 Å². The predicted molar refractivity (Wildman–Crippen MR) is 65.9 cm³/mol. The molecule has 0 saturated carbocycles. The fourth-order valence-electron chi connectivity index (χ4n) is 2.20. The van der Waals surface area contributed by atoms with E-state index in [1.54, 1.807) is 6.20 Å². The summed E-state index contributed by atoms with van der Waals surface area (Å²) in [4.78, 5) is 4.21. The molecule has 1 saturated heterocycles. The van der Waals surface area contributed by atoms with Crippen LogP contribution in [-0.4, -0.2) is 24.8 Å². The van der Waals surface area contributed by atoms with Crippen LogP contribution >= 0.6 is 0 Å². The molecule has 0 bridgehead atoms. The first-order valence-corrected chi connectivity index (χ1v) is 6.19. The largest absolute Gasteiger partial charge is 0.492 e. The van der Waals surface area contributed by atoms with Crippen molar-refractivity contribution >= 4 is 0 Å². The van der Waals surface area contributed by atoms with Gasteiger partial charge in [0.15, 0.2) is 0 Å². The summed E-state index contributed by atoms with van der Waals surface area (Å²) in [5.41, 5.74) is 7.20. The molecule has 2 heterocycles. The van der Waals surface area contributed by atoms with Crippen molar-refractivity contribution in [3.63, 3.8) is 0 Å². The number of pyridine rings is 1. The fourth-order valence-corrected chi connectivity index (χ4v) is 2.20. The van der Waals surface area contributed by atoms with Gasteiger partial charge in [-0.1, -0.05) is 0 Å². The Balaban J connectivity index is 2.21. The molecule has 0 amide bonds. The van der Waals surface area contributed by atoms with Crippen molar-refractivity contribution in [2.24, 2.45) is 5.73 Å². The first kappa shape index (κ1) is 12.3. The van der Waals surface area contributed by atoms with Gasteiger partial charge in [0.05, 0.1) is 12.8 Å². The molecule has 1 aromatic heterocycles. The molecule has 2 rings (SSSR count). The summed E-state index contributed by atoms with van der Waals surface area (Å²) in [5.74, 6) is 0.792. The van der Waals surface area contributed by atoms with Gasteiger partial charge in [0.2, 0.25) is 0 Å². The van der Waals surface area contributed by atoms with Crippen molar-refractivity contribution in [1.82, 2.24) is 4.98 Å². The Labute approximate surface area is 102 Å². The molecule has 0 spiro atoms. The van der Waals surface area contributed by atoms with Crippen LogP contribution in [-0.2, 0) is 10.3 Å². The zero-order chi connectivity index (χ0) is 12.1. The number of aromatic nitrogens is 1. The summed E-state index contributed by atoms with van der Waals surface area (Å²) in [6.45, 7) is 4.13. The molecule has 94 valence electrons. The third kappa shape index (κ3) is 2.96. The highest BCUT2D eigenvalue weighted by Crippen LogP contribution is 2.30. The van der Waals surface area contributed by atoms with Crippen molar-refractivity contribution in [3.05, 3.63) is 24.0 Å². The van der Waals surface area contributed by atoms with Crippen molar-refractivity contribution < 1.29 is 9.47 Å². The summed E-state index contributed by atoms with van der Waals surface area (Å²) < 4.78 is 10.9. The number of ether oxygens (including phenoxy) is 2. The van der Waals surface area contributed by atoms with E-state index in [9.17, 15) is 0 Å². The minimum absolute atomic E-state index is 0.323. The van der Waals surface area contributed by atoms with Crippen LogP contribution in [0.3, 0.4) is 0 Å². The zero-order valence-corrected chi connectivity index (χ0v) is 10.3. The molecule has 4 nitrogen and oxygen atoms in total. The second kappa shape index (κ2) is 5.47. The minimum atomic E-state index is -0.323. The second-order valence-electron chi connectivity index (χ2n) is 4.46. The number of hydrogen-bond donors (Lipinski definition) is 1. The molecular formula is C13H20N2O2. The molecule has 0 radical (unpaired) electrons. The van der Waals surface area contributed by atoms with Gasteiger partial charge in [0, 0.05) is 24.9 Å². The van der Waals surface area contributed by atoms with Crippen LogP contribution in [0.2, 0.25) is 0 Å². The monoisotopic (exact) mass is 236 g/mol. The Hall–Kier alpha value is -1.13. The van der Waals surface area contributed by atoms with Gasteiger partial charge >= 0.3 is 0 Å². The van der Waals surface area contributed by atoms with E-state index in [4.69, 9.17) is 15.2 Å². The van der Waals surface area contributed by atoms with E-state index in [1.165, 1.54) is 0 Å². The van der Waals surface area contributed by atoms with Gasteiger partial charge in [-0.3, -0.25) is 4.98 Å². The number of rotatable bonds is 3. The standard InChI is InChI=1S/C13H20N2O2/c1-2-17-12-8-11(9-15-10-12)13(14)4-3-6-16-7-5-13/h8-10H,2-7,14H2,1H3. The van der Waals surface area contributed by atoms with E-state index >= 15 is 0 Å². The average Bonchev–Trinajstić information content (AvgIpc) is 2.56. The summed E-state index contributed by atoms with van der Waals surface area (Å²) in [6, 6.07) is 2.00. The van der Waals surface area contributed by atoms with E-state index in [0.29, 0.717) is 6.61 Å². The van der Waals surface area contributed by atoms with Gasteiger partial charge in [0.25, 0.3) is 0 Å². The van der Waals surface area contributed by atoms with Crippen LogP contribution in [0.5, 0.6) is 5.75 Å². The van der Waals surface area contributed by atoms with Gasteiger partial charge in [-0.05, 0) is 37.8 Å². The molecule has 17 heavy (non-hydrogen) atoms. The van der Waals surface area contributed by atoms with Crippen LogP contribution in [0.1, 0.15) is 31.7 Å². The van der Waals surface area contributed by atoms with Crippen molar-refractivity contribution in [2.45, 2.75) is 31.7 Å². The molecule has 0 aliphatic carbocycles. The van der Waals surface area contributed by atoms with Gasteiger partial charge in [-0.25, -0.2) is 0 Å². The average molecular weight is 236 g/mol. The summed E-state index contributed by atoms with van der Waals surface area (Å²) >= 11 is 0. The first-order valence-electron chi connectivity index (χ1n) is 6.19. The molecular weight excluding hydrogens is 216 g/mol. The lowest BCUT2D eigenvalue weighted by Crippen LogP contribution is -2.37. The molecule has 0 aromatic carbocycles. The number of nitrogens with zero attached hydrogens (tertiary/aromatic N) is 1. The minimum Gasteiger partial charge on any atom is -0.492 e. The van der Waals surface area contributed by atoms with E-state index in [-0.39, 0.29) is 5.54 Å². The zero-order valence-electron chi connectivity index (χ0n) is 10.3. The molecule has 1 aromatic rings. The quantitative estimate of drug-likeness (QED) is 0.870. The summed E-state index contributed by atoms with van der Waals surface area (Å²) in [7, 11) is 0. The second-order valence-corrected chi connectivity index (χ2v) is 4.46. The molecule has 1 atom stereocenters. The van der Waals surface area contributed by atoms with Crippen LogP contribution < -0.4 is 10.5 Å². The van der Waals surface area contributed by atoms with Crippen LogP contribution in [0.25, 0.3) is 0 Å². The highest BCUT2D eigenvalue weighted by atomic mass is 16.5. The van der Waals surface area contributed by atoms with E-state index in [0.717, 1.165) is 43.8 Å². The Morgan fingerprint density at radius 2 is 2.29 bits per heavy atom. The molecule has 2 N–H and O–H groups in total. The fraction of sp³-hybridized carbons (Fsp3) is 0.615. The summed E-state index contributed by atoms with van der Waals surface area (Å²) in [5, 5.41) is 0. The lowest BCUT2D eigenvalue weighted by Gasteiger charge is -2.27. The van der Waals surface area contributed by atoms with Crippen LogP contribution in [0.4, 0.5) is 0 Å². The van der Waals surface area contributed by atoms with Crippen molar-refractivity contribution in [1.29, 1.82) is 0 Å². The van der Waals surface area contributed by atoms with Gasteiger partial charge in [-0.2, -0.15) is 0 Å². The maximum absolute atomic E-state index is 6.47. The van der Waals surface area contributed by atoms with Crippen molar-refractivity contribution in [2.75, 3.05) is 19.8 Å². The van der Waals surface area contributed by atoms with Gasteiger partial charge < -0.3 is 15.2 Å². The third-order valence-corrected chi connectivity index (χ3v) is 3.20. The normalized spacial score (nSPS) is 25.3. The molecule has 1 aliphatic heterocycles. The van der Waals surface area contributed by atoms with E-state index in [2.05, 4.69) is 4.98 Å². The molecule has 1 fully saturated rings. The van der Waals surface area contributed by atoms with Crippen LogP contribution in [0.15, 0.2) is 18.5 Å². The highest BCUT2D eigenvalue weighted by Gasteiger charge is 2.29. The first-order chi connectivity index (χ1) is 8.24. The maximum Gasteiger partial charge on any atom is 0.137 e. The Morgan fingerprint density at radius 1 is 1.41 bits per heavy atom. The highest BCUT2D eigenvalue weighted by molar-refractivity contribution is 5.29. The molecule has 4 heteroatoms. The Bertz CT molecular complexity index is 360. The number of nitrogens with two attached hydrogens (primary N) is 1. The molecule has 1 aliphatic rings. The SMILES string of the molecule is CCOc1cncc(C2(N)CCCOCC2)c1. The summed E-state index contributed by atoms with van der Waals surface area (Å²) in [6.07, 6.45) is 6.33. The maximum atomic E-state index is 6.47. The lowest BCUT2D eigenvalue weighted by molar-refractivity contribution is 0.139. The topological polar surface area (TPSA) is 57.4 Å². The molecule has 1 unspecified atom stereocenters. The smallest absolute Gasteiger partial charge is 0.137 e. The van der Waals surface area contributed by atoms with Crippen LogP contribution in [0, 0.1) is 0 Å². The Morgan fingerprint density at radius 3 is 3.12 bits per heavy atom. The van der Waals surface area contributed by atoms with E-state index < -0.39 is 0 Å². The third-order valence-electron chi connectivity index (χ3n) is 3.20. The predicted octanol–water partition coefficient (Wildman–Crippen LogP) is 1.83. The van der Waals surface area contributed by atoms with Gasteiger partial charge in [0.1, 0.15) is 5.75 Å². The van der Waals surface area contributed by atoms with Crippen molar-refractivity contribution in [3.8, 4) is 5.75 Å². The lowest BCUT2D eigenvalue weighted by atomic mass is 9.85. The Kier molecular flexibility index (Phi) is 3.97. The van der Waals surface area contributed by atoms with E-state index in [1.807, 2.05) is 19.2 Å².